The molecular formula is C10H9FN2. The van der Waals surface area contributed by atoms with E-state index in [9.17, 15) is 4.39 Å². The molecule has 0 N–H and O–H groups in total. The van der Waals surface area contributed by atoms with Crippen molar-refractivity contribution in [2.24, 2.45) is 7.05 Å². The first-order valence-electron chi connectivity index (χ1n) is 3.99. The first kappa shape index (κ1) is 7.98. The second kappa shape index (κ2) is 3.01. The first-order valence-corrected chi connectivity index (χ1v) is 3.99. The summed E-state index contributed by atoms with van der Waals surface area (Å²) in [4.78, 5) is 3.59. The van der Waals surface area contributed by atoms with Crippen LogP contribution in [0.5, 0.6) is 0 Å². The number of hydrogen-bond acceptors (Lipinski definition) is 1. The lowest BCUT2D eigenvalue weighted by Gasteiger charge is -1.95. The van der Waals surface area contributed by atoms with E-state index >= 15 is 0 Å². The lowest BCUT2D eigenvalue weighted by molar-refractivity contribution is 0.584. The Kier molecular flexibility index (Phi) is 1.85. The van der Waals surface area contributed by atoms with Gasteiger partial charge in [0, 0.05) is 36.8 Å². The highest BCUT2D eigenvalue weighted by atomic mass is 19.1. The molecule has 2 heterocycles. The normalized spacial score (nSPS) is 10.3. The zero-order valence-electron chi connectivity index (χ0n) is 7.24. The molecule has 0 atom stereocenters. The lowest BCUT2D eigenvalue weighted by Crippen LogP contribution is -1.82. The fourth-order valence-corrected chi connectivity index (χ4v) is 1.22. The molecule has 13 heavy (non-hydrogen) atoms. The third-order valence-corrected chi connectivity index (χ3v) is 1.89. The van der Waals surface area contributed by atoms with Gasteiger partial charge in [-0.3, -0.25) is 0 Å². The minimum Gasteiger partial charge on any atom is -0.357 e. The molecular weight excluding hydrogens is 167 g/mol. The molecule has 0 saturated carbocycles. The van der Waals surface area contributed by atoms with Crippen LogP contribution in [0.3, 0.4) is 0 Å². The Bertz CT molecular complexity index is 403. The minimum atomic E-state index is -0.445. The average molecular weight is 176 g/mol. The number of nitrogens with zero attached hydrogens (tertiary/aromatic N) is 2. The topological polar surface area (TPSA) is 17.8 Å². The predicted octanol–water partition coefficient (Wildman–Crippen LogP) is 2.23. The molecule has 0 bridgehead atoms. The Morgan fingerprint density at radius 2 is 2.08 bits per heavy atom. The van der Waals surface area contributed by atoms with Crippen LogP contribution in [0.1, 0.15) is 0 Å². The molecule has 0 amide bonds. The minimum absolute atomic E-state index is 0.445. The number of aryl methyl sites for hydroxylation is 1. The van der Waals surface area contributed by atoms with Gasteiger partial charge in [-0.05, 0) is 18.2 Å². The van der Waals surface area contributed by atoms with Crippen molar-refractivity contribution in [2.45, 2.75) is 0 Å². The summed E-state index contributed by atoms with van der Waals surface area (Å²) in [6.07, 6.45) is 5.44. The smallest absolute Gasteiger partial charge is 0.212 e. The van der Waals surface area contributed by atoms with E-state index in [4.69, 9.17) is 0 Å². The van der Waals surface area contributed by atoms with Crippen molar-refractivity contribution >= 4 is 0 Å². The Labute approximate surface area is 75.7 Å². The van der Waals surface area contributed by atoms with Crippen molar-refractivity contribution in [2.75, 3.05) is 0 Å². The quantitative estimate of drug-likeness (QED) is 0.609. The zero-order chi connectivity index (χ0) is 9.26. The highest BCUT2D eigenvalue weighted by Gasteiger charge is 1.99. The van der Waals surface area contributed by atoms with Crippen LogP contribution in [0.4, 0.5) is 4.39 Å². The van der Waals surface area contributed by atoms with Crippen LogP contribution >= 0.6 is 0 Å². The molecule has 0 aromatic carbocycles. The third-order valence-electron chi connectivity index (χ3n) is 1.89. The number of rotatable bonds is 1. The summed E-state index contributed by atoms with van der Waals surface area (Å²) in [6, 6.07) is 5.05. The van der Waals surface area contributed by atoms with Gasteiger partial charge in [-0.1, -0.05) is 0 Å². The molecule has 0 aliphatic rings. The molecule has 66 valence electrons. The second-order valence-corrected chi connectivity index (χ2v) is 2.94. The summed E-state index contributed by atoms with van der Waals surface area (Å²) in [6.45, 7) is 0. The molecule has 0 radical (unpaired) electrons. The van der Waals surface area contributed by atoms with Crippen molar-refractivity contribution in [3.05, 3.63) is 42.7 Å². The molecule has 3 heteroatoms. The molecule has 0 fully saturated rings. The van der Waals surface area contributed by atoms with Crippen molar-refractivity contribution in [3.8, 4) is 11.1 Å². The Morgan fingerprint density at radius 3 is 2.62 bits per heavy atom. The molecule has 0 aliphatic carbocycles. The van der Waals surface area contributed by atoms with Crippen LogP contribution in [-0.2, 0) is 7.05 Å². The van der Waals surface area contributed by atoms with Crippen molar-refractivity contribution < 1.29 is 4.39 Å². The summed E-state index contributed by atoms with van der Waals surface area (Å²) < 4.78 is 14.4. The van der Waals surface area contributed by atoms with Gasteiger partial charge in [-0.2, -0.15) is 4.39 Å². The summed E-state index contributed by atoms with van der Waals surface area (Å²) in [5.41, 5.74) is 1.98. The van der Waals surface area contributed by atoms with Gasteiger partial charge in [-0.25, -0.2) is 4.98 Å². The van der Waals surface area contributed by atoms with Gasteiger partial charge >= 0.3 is 0 Å². The number of pyridine rings is 1. The van der Waals surface area contributed by atoms with E-state index in [1.165, 1.54) is 12.3 Å². The van der Waals surface area contributed by atoms with E-state index in [1.807, 2.05) is 30.1 Å². The van der Waals surface area contributed by atoms with E-state index in [-0.39, 0.29) is 0 Å². The molecule has 2 aromatic rings. The second-order valence-electron chi connectivity index (χ2n) is 2.94. The van der Waals surface area contributed by atoms with Gasteiger partial charge in [0.15, 0.2) is 0 Å². The highest BCUT2D eigenvalue weighted by Crippen LogP contribution is 2.17. The molecule has 2 nitrogen and oxygen atoms in total. The van der Waals surface area contributed by atoms with Crippen molar-refractivity contribution in [3.63, 3.8) is 0 Å². The Hall–Kier alpha value is -1.64. The van der Waals surface area contributed by atoms with Crippen LogP contribution in [-0.4, -0.2) is 9.55 Å². The first-order chi connectivity index (χ1) is 6.25. The van der Waals surface area contributed by atoms with E-state index in [0.29, 0.717) is 0 Å². The van der Waals surface area contributed by atoms with Gasteiger partial charge in [0.25, 0.3) is 0 Å². The largest absolute Gasteiger partial charge is 0.357 e. The van der Waals surface area contributed by atoms with Gasteiger partial charge in [0.05, 0.1) is 0 Å². The van der Waals surface area contributed by atoms with Crippen LogP contribution in [0, 0.1) is 5.95 Å². The predicted molar refractivity (Wildman–Crippen MR) is 48.6 cm³/mol. The Morgan fingerprint density at radius 1 is 1.23 bits per heavy atom. The fraction of sp³-hybridized carbons (Fsp3) is 0.100. The number of halogens is 1. The molecule has 0 spiro atoms. The molecule has 2 aromatic heterocycles. The van der Waals surface area contributed by atoms with E-state index in [0.717, 1.165) is 11.1 Å². The number of aromatic nitrogens is 2. The summed E-state index contributed by atoms with van der Waals surface area (Å²) in [7, 11) is 1.94. The standard InChI is InChI=1S/C10H9FN2/c1-13-5-4-9(7-13)8-2-3-10(11)12-6-8/h2-7H,1H3. The average Bonchev–Trinajstić information content (AvgIpc) is 2.53. The maximum absolute atomic E-state index is 12.5. The van der Waals surface area contributed by atoms with Gasteiger partial charge < -0.3 is 4.57 Å². The van der Waals surface area contributed by atoms with Crippen LogP contribution in [0.15, 0.2) is 36.8 Å². The fourth-order valence-electron chi connectivity index (χ4n) is 1.22. The molecule has 2 rings (SSSR count). The summed E-state index contributed by atoms with van der Waals surface area (Å²) >= 11 is 0. The van der Waals surface area contributed by atoms with Gasteiger partial charge in [-0.15, -0.1) is 0 Å². The van der Waals surface area contributed by atoms with Gasteiger partial charge in [0.1, 0.15) is 0 Å². The molecule has 0 saturated heterocycles. The summed E-state index contributed by atoms with van der Waals surface area (Å²) in [5, 5.41) is 0. The summed E-state index contributed by atoms with van der Waals surface area (Å²) in [5.74, 6) is -0.445. The highest BCUT2D eigenvalue weighted by molar-refractivity contribution is 5.61. The Balaban J connectivity index is 2.41. The van der Waals surface area contributed by atoms with Gasteiger partial charge in [0.2, 0.25) is 5.95 Å². The van der Waals surface area contributed by atoms with E-state index < -0.39 is 5.95 Å². The third kappa shape index (κ3) is 1.59. The number of hydrogen-bond donors (Lipinski definition) is 0. The van der Waals surface area contributed by atoms with Crippen molar-refractivity contribution in [1.29, 1.82) is 0 Å². The SMILES string of the molecule is Cn1ccc(-c2ccc(F)nc2)c1. The molecule has 0 unspecified atom stereocenters. The zero-order valence-corrected chi connectivity index (χ0v) is 7.24. The van der Waals surface area contributed by atoms with Crippen LogP contribution < -0.4 is 0 Å². The van der Waals surface area contributed by atoms with E-state index in [2.05, 4.69) is 4.98 Å². The van der Waals surface area contributed by atoms with E-state index in [1.54, 1.807) is 6.07 Å². The lowest BCUT2D eigenvalue weighted by atomic mass is 10.2. The maximum Gasteiger partial charge on any atom is 0.212 e. The van der Waals surface area contributed by atoms with Crippen LogP contribution in [0.2, 0.25) is 0 Å². The monoisotopic (exact) mass is 176 g/mol. The van der Waals surface area contributed by atoms with Crippen molar-refractivity contribution in [1.82, 2.24) is 9.55 Å². The maximum atomic E-state index is 12.5. The van der Waals surface area contributed by atoms with Crippen LogP contribution in [0.25, 0.3) is 11.1 Å². The molecule has 0 aliphatic heterocycles.